The number of nitrogens with zero attached hydrogens (tertiary/aromatic N) is 3. The Morgan fingerprint density at radius 2 is 2.38 bits per heavy atom. The molecular weight excluding hydrogens is 250 g/mol. The van der Waals surface area contributed by atoms with Crippen LogP contribution in [-0.4, -0.2) is 30.3 Å². The molecule has 6 nitrogen and oxygen atoms in total. The Balaban J connectivity index is 2.21. The number of hydrogen-bond acceptors (Lipinski definition) is 6. The lowest BCUT2D eigenvalue weighted by Crippen LogP contribution is -2.04. The number of rotatable bonds is 4. The summed E-state index contributed by atoms with van der Waals surface area (Å²) >= 11 is 1.42. The van der Waals surface area contributed by atoms with Crippen molar-refractivity contribution in [1.82, 2.24) is 14.8 Å². The van der Waals surface area contributed by atoms with E-state index in [0.717, 1.165) is 7.11 Å². The van der Waals surface area contributed by atoms with Crippen LogP contribution in [0.3, 0.4) is 0 Å². The van der Waals surface area contributed by atoms with Crippen LogP contribution in [0.25, 0.3) is 5.13 Å². The van der Waals surface area contributed by atoms with E-state index in [9.17, 15) is 8.42 Å². The van der Waals surface area contributed by atoms with Gasteiger partial charge < -0.3 is 0 Å². The molecule has 0 amide bonds. The highest BCUT2D eigenvalue weighted by Crippen LogP contribution is 2.12. The molecule has 0 spiro atoms. The van der Waals surface area contributed by atoms with Crippen molar-refractivity contribution in [1.29, 1.82) is 0 Å². The second-order valence-electron chi connectivity index (χ2n) is 2.98. The Kier molecular flexibility index (Phi) is 3.03. The summed E-state index contributed by atoms with van der Waals surface area (Å²) in [4.78, 5) is 4.05. The van der Waals surface area contributed by atoms with E-state index in [1.54, 1.807) is 12.4 Å². The minimum absolute atomic E-state index is 0.186. The Bertz CT molecular complexity index is 559. The van der Waals surface area contributed by atoms with Gasteiger partial charge in [-0.1, -0.05) is 0 Å². The number of aromatic nitrogens is 3. The first kappa shape index (κ1) is 11.2. The number of thiazole rings is 1. The first-order valence-corrected chi connectivity index (χ1v) is 6.78. The van der Waals surface area contributed by atoms with E-state index in [2.05, 4.69) is 14.3 Å². The van der Waals surface area contributed by atoms with Crippen molar-refractivity contribution in [3.63, 3.8) is 0 Å². The predicted octanol–water partition coefficient (Wildman–Crippen LogP) is 0.805. The molecule has 0 aliphatic heterocycles. The molecule has 0 atom stereocenters. The molecule has 0 N–H and O–H groups in total. The highest BCUT2D eigenvalue weighted by atomic mass is 32.2. The average Bonchev–Trinajstić information content (AvgIpc) is 2.86. The molecule has 2 heterocycles. The molecule has 2 rings (SSSR count). The Labute approximate surface area is 96.6 Å². The zero-order valence-electron chi connectivity index (χ0n) is 8.40. The summed E-state index contributed by atoms with van der Waals surface area (Å²) in [5.74, 6) is -0.186. The second-order valence-corrected chi connectivity index (χ2v) is 5.59. The molecule has 0 aromatic carbocycles. The lowest BCUT2D eigenvalue weighted by Gasteiger charge is -1.97. The molecule has 0 saturated heterocycles. The zero-order valence-corrected chi connectivity index (χ0v) is 10.0. The summed E-state index contributed by atoms with van der Waals surface area (Å²) in [7, 11) is -2.36. The van der Waals surface area contributed by atoms with Crippen LogP contribution in [0.4, 0.5) is 0 Å². The fourth-order valence-corrected chi connectivity index (χ4v) is 2.38. The molecular formula is C8H9N3O3S2. The average molecular weight is 259 g/mol. The molecule has 0 saturated carbocycles. The van der Waals surface area contributed by atoms with Gasteiger partial charge in [0.05, 0.1) is 13.3 Å². The third kappa shape index (κ3) is 2.46. The van der Waals surface area contributed by atoms with E-state index >= 15 is 0 Å². The summed E-state index contributed by atoms with van der Waals surface area (Å²) in [6.07, 6.45) is 4.76. The first-order chi connectivity index (χ1) is 7.61. The Morgan fingerprint density at radius 3 is 3.00 bits per heavy atom. The van der Waals surface area contributed by atoms with Crippen LogP contribution in [0.2, 0.25) is 0 Å². The highest BCUT2D eigenvalue weighted by molar-refractivity contribution is 7.85. The van der Waals surface area contributed by atoms with Crippen molar-refractivity contribution in [3.05, 3.63) is 29.5 Å². The molecule has 0 aliphatic rings. The van der Waals surface area contributed by atoms with Crippen LogP contribution in [0.5, 0.6) is 0 Å². The quantitative estimate of drug-likeness (QED) is 0.759. The molecule has 0 unspecified atom stereocenters. The summed E-state index contributed by atoms with van der Waals surface area (Å²) in [6.45, 7) is 0. The lowest BCUT2D eigenvalue weighted by atomic mass is 10.4. The van der Waals surface area contributed by atoms with E-state index in [0.29, 0.717) is 10.7 Å². The van der Waals surface area contributed by atoms with Gasteiger partial charge >= 0.3 is 0 Å². The van der Waals surface area contributed by atoms with Gasteiger partial charge in [-0.05, 0) is 0 Å². The van der Waals surface area contributed by atoms with Gasteiger partial charge in [-0.25, -0.2) is 9.67 Å². The van der Waals surface area contributed by atoms with E-state index in [1.165, 1.54) is 22.2 Å². The van der Waals surface area contributed by atoms with Crippen molar-refractivity contribution in [2.75, 3.05) is 7.11 Å². The van der Waals surface area contributed by atoms with Crippen LogP contribution in [0, 0.1) is 0 Å². The summed E-state index contributed by atoms with van der Waals surface area (Å²) in [5.41, 5.74) is 0.567. The van der Waals surface area contributed by atoms with E-state index in [-0.39, 0.29) is 5.75 Å². The van der Waals surface area contributed by atoms with Crippen molar-refractivity contribution < 1.29 is 12.6 Å². The van der Waals surface area contributed by atoms with E-state index < -0.39 is 10.1 Å². The van der Waals surface area contributed by atoms with Crippen LogP contribution in [0.15, 0.2) is 24.0 Å². The van der Waals surface area contributed by atoms with Crippen molar-refractivity contribution in [3.8, 4) is 5.13 Å². The van der Waals surface area contributed by atoms with Crippen LogP contribution >= 0.6 is 11.3 Å². The van der Waals surface area contributed by atoms with Crippen LogP contribution in [-0.2, 0) is 20.1 Å². The minimum atomic E-state index is -3.50. The van der Waals surface area contributed by atoms with Crippen molar-refractivity contribution in [2.45, 2.75) is 5.75 Å². The SMILES string of the molecule is COS(=O)(=O)Cc1cnn(-c2nccs2)c1. The third-order valence-corrected chi connectivity index (χ3v) is 3.80. The molecule has 0 fully saturated rings. The van der Waals surface area contributed by atoms with Gasteiger partial charge in [0.2, 0.25) is 5.13 Å². The monoisotopic (exact) mass is 259 g/mol. The fourth-order valence-electron chi connectivity index (χ4n) is 1.13. The standard InChI is InChI=1S/C8H9N3O3S2/c1-14-16(12,13)6-7-4-10-11(5-7)8-9-2-3-15-8/h2-5H,6H2,1H3. The highest BCUT2D eigenvalue weighted by Gasteiger charge is 2.12. The van der Waals surface area contributed by atoms with Gasteiger partial charge in [0.25, 0.3) is 10.1 Å². The maximum absolute atomic E-state index is 11.2. The maximum atomic E-state index is 11.2. The van der Waals surface area contributed by atoms with Gasteiger partial charge in [-0.15, -0.1) is 11.3 Å². The molecule has 2 aromatic rings. The largest absolute Gasteiger partial charge is 0.273 e. The molecule has 2 aromatic heterocycles. The summed E-state index contributed by atoms with van der Waals surface area (Å²) in [5, 5.41) is 6.54. The van der Waals surface area contributed by atoms with Crippen LogP contribution < -0.4 is 0 Å². The van der Waals surface area contributed by atoms with E-state index in [1.807, 2.05) is 5.38 Å². The predicted molar refractivity (Wildman–Crippen MR) is 58.9 cm³/mol. The van der Waals surface area contributed by atoms with Crippen LogP contribution in [0.1, 0.15) is 5.56 Å². The number of hydrogen-bond donors (Lipinski definition) is 0. The van der Waals surface area contributed by atoms with Crippen molar-refractivity contribution in [2.24, 2.45) is 0 Å². The molecule has 0 radical (unpaired) electrons. The topological polar surface area (TPSA) is 74.1 Å². The van der Waals surface area contributed by atoms with E-state index in [4.69, 9.17) is 0 Å². The minimum Gasteiger partial charge on any atom is -0.273 e. The molecule has 0 aliphatic carbocycles. The third-order valence-electron chi connectivity index (χ3n) is 1.85. The second kappa shape index (κ2) is 4.32. The van der Waals surface area contributed by atoms with Gasteiger partial charge in [0.1, 0.15) is 5.75 Å². The molecule has 0 bridgehead atoms. The molecule has 8 heteroatoms. The maximum Gasteiger partial charge on any atom is 0.271 e. The Morgan fingerprint density at radius 1 is 1.56 bits per heavy atom. The van der Waals surface area contributed by atoms with Crippen molar-refractivity contribution >= 4 is 21.5 Å². The van der Waals surface area contributed by atoms with Gasteiger partial charge in [-0.2, -0.15) is 13.5 Å². The first-order valence-electron chi connectivity index (χ1n) is 4.32. The fraction of sp³-hybridized carbons (Fsp3) is 0.250. The molecule has 16 heavy (non-hydrogen) atoms. The zero-order chi connectivity index (χ0) is 11.6. The molecule has 86 valence electrons. The van der Waals surface area contributed by atoms with Gasteiger partial charge in [0.15, 0.2) is 0 Å². The smallest absolute Gasteiger partial charge is 0.271 e. The lowest BCUT2D eigenvalue weighted by molar-refractivity contribution is 0.397. The van der Waals surface area contributed by atoms with Gasteiger partial charge in [0, 0.05) is 23.3 Å². The normalized spacial score (nSPS) is 11.8. The van der Waals surface area contributed by atoms with Gasteiger partial charge in [-0.3, -0.25) is 4.18 Å². The Hall–Kier alpha value is -1.25. The summed E-state index contributed by atoms with van der Waals surface area (Å²) < 4.78 is 28.3. The summed E-state index contributed by atoms with van der Waals surface area (Å²) in [6, 6.07) is 0.